The molecule has 2 aromatic rings. The molecule has 1 amide bonds. The number of nitrogens with one attached hydrogen (secondary N) is 2. The Morgan fingerprint density at radius 2 is 1.96 bits per heavy atom. The quantitative estimate of drug-likeness (QED) is 0.895. The van der Waals surface area contributed by atoms with E-state index in [1.165, 1.54) is 0 Å². The number of amides is 1. The molecule has 2 N–H and O–H groups in total. The van der Waals surface area contributed by atoms with Crippen molar-refractivity contribution in [2.24, 2.45) is 5.92 Å². The number of rotatable bonds is 4. The largest absolute Gasteiger partial charge is 0.432 e. The van der Waals surface area contributed by atoms with Crippen molar-refractivity contribution in [2.75, 3.05) is 25.5 Å². The molecule has 6 nitrogen and oxygen atoms in total. The Hall–Kier alpha value is -2.34. The molecule has 5 rings (SSSR count). The van der Waals surface area contributed by atoms with Crippen LogP contribution in [0.5, 0.6) is 0 Å². The van der Waals surface area contributed by atoms with E-state index in [1.807, 2.05) is 31.3 Å². The van der Waals surface area contributed by atoms with Crippen LogP contribution in [0.4, 0.5) is 5.69 Å². The van der Waals surface area contributed by atoms with E-state index in [9.17, 15) is 4.79 Å². The van der Waals surface area contributed by atoms with Gasteiger partial charge >= 0.3 is 5.91 Å². The van der Waals surface area contributed by atoms with E-state index < -0.39 is 0 Å². The maximum absolute atomic E-state index is 12.6. The van der Waals surface area contributed by atoms with Crippen LogP contribution in [0.2, 0.25) is 0 Å². The average Bonchev–Trinajstić information content (AvgIpc) is 3.15. The summed E-state index contributed by atoms with van der Waals surface area (Å²) in [6.45, 7) is 4.48. The van der Waals surface area contributed by atoms with Crippen LogP contribution < -0.4 is 10.6 Å². The number of carbonyl (C=O) groups is 1. The molecule has 0 spiro atoms. The molecule has 3 saturated heterocycles. The number of aromatic nitrogens is 1. The second-order valence-electron chi connectivity index (χ2n) is 6.97. The Morgan fingerprint density at radius 3 is 2.60 bits per heavy atom. The summed E-state index contributed by atoms with van der Waals surface area (Å²) in [6.07, 6.45) is 3.93. The van der Waals surface area contributed by atoms with Gasteiger partial charge in [0.1, 0.15) is 0 Å². The molecule has 0 aliphatic carbocycles. The van der Waals surface area contributed by atoms with Crippen LogP contribution in [-0.4, -0.2) is 48.0 Å². The third kappa shape index (κ3) is 3.02. The zero-order valence-corrected chi connectivity index (χ0v) is 14.7. The zero-order valence-electron chi connectivity index (χ0n) is 14.7. The van der Waals surface area contributed by atoms with Gasteiger partial charge in [-0.2, -0.15) is 0 Å². The Balaban J connectivity index is 1.47. The van der Waals surface area contributed by atoms with Gasteiger partial charge in [-0.15, -0.1) is 0 Å². The lowest BCUT2D eigenvalue weighted by Crippen LogP contribution is -2.62. The lowest BCUT2D eigenvalue weighted by atomic mass is 9.79. The molecular weight excluding hydrogens is 316 g/mol. The van der Waals surface area contributed by atoms with Crippen molar-refractivity contribution in [3.05, 3.63) is 36.4 Å². The molecule has 0 radical (unpaired) electrons. The average molecular weight is 340 g/mol. The van der Waals surface area contributed by atoms with Gasteiger partial charge in [-0.1, -0.05) is 0 Å². The molecule has 4 heterocycles. The third-order valence-corrected chi connectivity index (χ3v) is 5.63. The number of hydrogen-bond acceptors (Lipinski definition) is 5. The van der Waals surface area contributed by atoms with Crippen molar-refractivity contribution < 1.29 is 9.21 Å². The maximum Gasteiger partial charge on any atom is 0.307 e. The molecule has 3 aliphatic rings. The van der Waals surface area contributed by atoms with Crippen LogP contribution in [0, 0.1) is 5.92 Å². The molecule has 3 aliphatic heterocycles. The smallest absolute Gasteiger partial charge is 0.307 e. The molecule has 2 bridgehead atoms. The van der Waals surface area contributed by atoms with E-state index in [4.69, 9.17) is 4.42 Å². The van der Waals surface area contributed by atoms with Gasteiger partial charge < -0.3 is 15.1 Å². The van der Waals surface area contributed by atoms with Crippen LogP contribution in [0.3, 0.4) is 0 Å². The monoisotopic (exact) mass is 340 g/mol. The van der Waals surface area contributed by atoms with Crippen molar-refractivity contribution >= 4 is 11.6 Å². The number of carbonyl (C=O) groups excluding carboxylic acids is 1. The molecule has 25 heavy (non-hydrogen) atoms. The minimum absolute atomic E-state index is 0.135. The van der Waals surface area contributed by atoms with E-state index in [0.29, 0.717) is 17.7 Å². The fourth-order valence-electron chi connectivity index (χ4n) is 4.07. The summed E-state index contributed by atoms with van der Waals surface area (Å²) >= 11 is 0. The van der Waals surface area contributed by atoms with E-state index in [0.717, 1.165) is 37.2 Å². The van der Waals surface area contributed by atoms with Gasteiger partial charge in [-0.25, -0.2) is 4.98 Å². The maximum atomic E-state index is 12.6. The first-order chi connectivity index (χ1) is 12.2. The number of fused-ring (bicyclic) bond motifs is 3. The first-order valence-corrected chi connectivity index (χ1v) is 8.94. The van der Waals surface area contributed by atoms with E-state index >= 15 is 0 Å². The Labute approximate surface area is 147 Å². The van der Waals surface area contributed by atoms with Crippen molar-refractivity contribution in [3.8, 4) is 11.3 Å². The predicted octanol–water partition coefficient (Wildman–Crippen LogP) is 2.60. The van der Waals surface area contributed by atoms with Crippen LogP contribution >= 0.6 is 0 Å². The van der Waals surface area contributed by atoms with Gasteiger partial charge in [-0.3, -0.25) is 9.69 Å². The summed E-state index contributed by atoms with van der Waals surface area (Å²) in [6, 6.07) is 8.38. The predicted molar refractivity (Wildman–Crippen MR) is 96.5 cm³/mol. The van der Waals surface area contributed by atoms with E-state index in [1.54, 1.807) is 6.20 Å². The van der Waals surface area contributed by atoms with Crippen LogP contribution in [-0.2, 0) is 0 Å². The molecule has 0 unspecified atom stereocenters. The van der Waals surface area contributed by atoms with Crippen LogP contribution in [0.1, 0.15) is 30.5 Å². The fraction of sp³-hybridized carbons (Fsp3) is 0.474. The summed E-state index contributed by atoms with van der Waals surface area (Å²) in [4.78, 5) is 19.2. The zero-order chi connectivity index (χ0) is 17.4. The highest BCUT2D eigenvalue weighted by molar-refractivity contribution is 5.90. The van der Waals surface area contributed by atoms with Gasteiger partial charge in [0.05, 0.1) is 6.20 Å². The first-order valence-electron chi connectivity index (χ1n) is 8.94. The number of nitrogens with zero attached hydrogens (tertiary/aromatic N) is 2. The lowest BCUT2D eigenvalue weighted by Gasteiger charge is -2.49. The second-order valence-corrected chi connectivity index (χ2v) is 6.97. The highest BCUT2D eigenvalue weighted by Gasteiger charge is 2.40. The Morgan fingerprint density at radius 1 is 1.24 bits per heavy atom. The standard InChI is InChI=1S/C19H24N4O2/c1-12-17(14-7-9-23(12)10-8-14)22-18(24)19-21-11-16(25-19)13-3-5-15(20-2)6-4-13/h3-6,11-12,14,17,20H,7-10H2,1-2H3,(H,22,24)/t12-,17+/m1/s1. The van der Waals surface area contributed by atoms with Crippen molar-refractivity contribution in [3.63, 3.8) is 0 Å². The number of benzene rings is 1. The molecule has 3 fully saturated rings. The fourth-order valence-corrected chi connectivity index (χ4v) is 4.07. The van der Waals surface area contributed by atoms with Gasteiger partial charge in [0.2, 0.25) is 0 Å². The first kappa shape index (κ1) is 16.1. The molecule has 1 aromatic carbocycles. The minimum atomic E-state index is -0.219. The minimum Gasteiger partial charge on any atom is -0.432 e. The molecule has 6 heteroatoms. The summed E-state index contributed by atoms with van der Waals surface area (Å²) in [5.74, 6) is 1.09. The van der Waals surface area contributed by atoms with Gasteiger partial charge in [0.25, 0.3) is 5.89 Å². The SMILES string of the molecule is CNc1ccc(-c2cnc(C(=O)N[C@@H]3C4CCN(CC4)[C@@H]3C)o2)cc1. The van der Waals surface area contributed by atoms with Gasteiger partial charge in [-0.05, 0) is 63.0 Å². The summed E-state index contributed by atoms with van der Waals surface area (Å²) in [5, 5.41) is 6.23. The highest BCUT2D eigenvalue weighted by atomic mass is 16.4. The van der Waals surface area contributed by atoms with Crippen molar-refractivity contribution in [1.82, 2.24) is 15.2 Å². The number of piperidine rings is 3. The topological polar surface area (TPSA) is 70.4 Å². The third-order valence-electron chi connectivity index (χ3n) is 5.63. The molecule has 1 aromatic heterocycles. The summed E-state index contributed by atoms with van der Waals surface area (Å²) < 4.78 is 5.70. The van der Waals surface area contributed by atoms with Gasteiger partial charge in [0, 0.05) is 30.4 Å². The van der Waals surface area contributed by atoms with Crippen LogP contribution in [0.15, 0.2) is 34.9 Å². The highest BCUT2D eigenvalue weighted by Crippen LogP contribution is 2.32. The Bertz CT molecular complexity index is 745. The summed E-state index contributed by atoms with van der Waals surface area (Å²) in [5.41, 5.74) is 1.93. The molecule has 2 atom stereocenters. The van der Waals surface area contributed by atoms with Crippen molar-refractivity contribution in [2.45, 2.75) is 31.8 Å². The number of anilines is 1. The lowest BCUT2D eigenvalue weighted by molar-refractivity contribution is 0.0210. The Kier molecular flexibility index (Phi) is 4.21. The molecular formula is C19H24N4O2. The molecule has 0 saturated carbocycles. The van der Waals surface area contributed by atoms with Gasteiger partial charge in [0.15, 0.2) is 5.76 Å². The van der Waals surface area contributed by atoms with E-state index in [-0.39, 0.29) is 17.8 Å². The van der Waals surface area contributed by atoms with Crippen molar-refractivity contribution in [1.29, 1.82) is 0 Å². The number of hydrogen-bond donors (Lipinski definition) is 2. The second kappa shape index (κ2) is 6.52. The van der Waals surface area contributed by atoms with E-state index in [2.05, 4.69) is 27.4 Å². The number of oxazole rings is 1. The molecule has 132 valence electrons. The normalized spacial score (nSPS) is 27.9. The van der Waals surface area contributed by atoms with Crippen LogP contribution in [0.25, 0.3) is 11.3 Å². The summed E-state index contributed by atoms with van der Waals surface area (Å²) in [7, 11) is 1.88.